The zero-order chi connectivity index (χ0) is 12.1. The Morgan fingerprint density at radius 2 is 2.29 bits per heavy atom. The summed E-state index contributed by atoms with van der Waals surface area (Å²) < 4.78 is 1.06. The van der Waals surface area contributed by atoms with Crippen molar-refractivity contribution < 1.29 is 4.79 Å². The van der Waals surface area contributed by atoms with Crippen molar-refractivity contribution in [2.24, 2.45) is 0 Å². The van der Waals surface area contributed by atoms with Gasteiger partial charge in [-0.25, -0.2) is 4.79 Å². The first kappa shape index (κ1) is 12.1. The summed E-state index contributed by atoms with van der Waals surface area (Å²) in [5.74, 6) is 0. The average molecular weight is 315 g/mol. The molecule has 3 N–H and O–H groups in total. The Morgan fingerprint density at radius 1 is 1.47 bits per heavy atom. The van der Waals surface area contributed by atoms with Crippen LogP contribution in [-0.2, 0) is 13.1 Å². The molecule has 90 valence electrons. The molecule has 2 amide bonds. The number of hydrogen-bond donors (Lipinski definition) is 3. The lowest BCUT2D eigenvalue weighted by Gasteiger charge is -2.05. The second kappa shape index (κ2) is 5.83. The second-order valence-electron chi connectivity index (χ2n) is 3.38. The molecule has 0 saturated heterocycles. The molecule has 0 saturated carbocycles. The monoisotopic (exact) mass is 314 g/mol. The van der Waals surface area contributed by atoms with Gasteiger partial charge in [0.1, 0.15) is 0 Å². The number of amides is 2. The molecule has 2 heterocycles. The molecule has 0 aromatic carbocycles. The van der Waals surface area contributed by atoms with E-state index in [2.05, 4.69) is 36.8 Å². The van der Waals surface area contributed by atoms with Gasteiger partial charge in [0.15, 0.2) is 0 Å². The number of halogens is 1. The highest BCUT2D eigenvalue weighted by molar-refractivity contribution is 9.11. The first-order chi connectivity index (χ1) is 8.24. The third-order valence-corrected chi connectivity index (χ3v) is 3.63. The fraction of sp³-hybridized carbons (Fsp3) is 0.200. The number of aromatic amines is 1. The number of aromatic nitrogens is 2. The van der Waals surface area contributed by atoms with E-state index in [-0.39, 0.29) is 6.03 Å². The third kappa shape index (κ3) is 3.86. The van der Waals surface area contributed by atoms with Gasteiger partial charge in [-0.2, -0.15) is 5.10 Å². The lowest BCUT2D eigenvalue weighted by molar-refractivity contribution is 0.240. The lowest BCUT2D eigenvalue weighted by atomic mass is 10.3. The van der Waals surface area contributed by atoms with Crippen molar-refractivity contribution in [1.82, 2.24) is 20.8 Å². The van der Waals surface area contributed by atoms with Crippen molar-refractivity contribution in [2.75, 3.05) is 0 Å². The van der Waals surface area contributed by atoms with Crippen LogP contribution in [0.1, 0.15) is 11.3 Å². The van der Waals surface area contributed by atoms with Crippen LogP contribution in [-0.4, -0.2) is 16.2 Å². The summed E-state index contributed by atoms with van der Waals surface area (Å²) >= 11 is 4.97. The van der Waals surface area contributed by atoms with Crippen LogP contribution < -0.4 is 10.6 Å². The number of carbonyl (C=O) groups is 1. The van der Waals surface area contributed by atoms with Crippen LogP contribution in [0.3, 0.4) is 0 Å². The molecule has 0 atom stereocenters. The van der Waals surface area contributed by atoms with Gasteiger partial charge in [-0.1, -0.05) is 0 Å². The highest BCUT2D eigenvalue weighted by Gasteiger charge is 2.02. The molecule has 0 aliphatic rings. The summed E-state index contributed by atoms with van der Waals surface area (Å²) in [7, 11) is 0. The van der Waals surface area contributed by atoms with Crippen molar-refractivity contribution >= 4 is 33.3 Å². The summed E-state index contributed by atoms with van der Waals surface area (Å²) in [6, 6.07) is 3.61. The normalized spacial score (nSPS) is 10.2. The van der Waals surface area contributed by atoms with E-state index in [1.807, 2.05) is 17.5 Å². The molecule has 0 aliphatic carbocycles. The van der Waals surface area contributed by atoms with Gasteiger partial charge in [0.2, 0.25) is 0 Å². The van der Waals surface area contributed by atoms with Crippen molar-refractivity contribution in [3.05, 3.63) is 38.8 Å². The summed E-state index contributed by atoms with van der Waals surface area (Å²) in [4.78, 5) is 11.5. The van der Waals surface area contributed by atoms with E-state index in [1.165, 1.54) is 0 Å². The number of carbonyl (C=O) groups excluding carboxylic acids is 1. The minimum atomic E-state index is -0.193. The van der Waals surface area contributed by atoms with E-state index < -0.39 is 0 Å². The fourth-order valence-electron chi connectivity index (χ4n) is 1.24. The molecule has 0 spiro atoms. The van der Waals surface area contributed by atoms with Crippen LogP contribution in [0.25, 0.3) is 0 Å². The lowest BCUT2D eigenvalue weighted by Crippen LogP contribution is -2.34. The van der Waals surface area contributed by atoms with Gasteiger partial charge in [-0.05, 0) is 39.0 Å². The molecule has 5 nitrogen and oxygen atoms in total. The number of hydrogen-bond acceptors (Lipinski definition) is 3. The fourth-order valence-corrected chi connectivity index (χ4v) is 2.45. The zero-order valence-electron chi connectivity index (χ0n) is 8.87. The zero-order valence-corrected chi connectivity index (χ0v) is 11.3. The molecule has 17 heavy (non-hydrogen) atoms. The topological polar surface area (TPSA) is 69.8 Å². The molecule has 0 fully saturated rings. The van der Waals surface area contributed by atoms with Gasteiger partial charge >= 0.3 is 6.03 Å². The van der Waals surface area contributed by atoms with Crippen molar-refractivity contribution in [2.45, 2.75) is 13.1 Å². The Kier molecular flexibility index (Phi) is 4.16. The Hall–Kier alpha value is -1.34. The van der Waals surface area contributed by atoms with E-state index in [9.17, 15) is 4.79 Å². The molecule has 0 radical (unpaired) electrons. The van der Waals surface area contributed by atoms with Crippen LogP contribution >= 0.6 is 27.3 Å². The predicted octanol–water partition coefficient (Wildman–Crippen LogP) is 2.23. The van der Waals surface area contributed by atoms with Gasteiger partial charge < -0.3 is 10.6 Å². The molecule has 2 rings (SSSR count). The maximum Gasteiger partial charge on any atom is 0.315 e. The van der Waals surface area contributed by atoms with E-state index in [1.54, 1.807) is 17.5 Å². The highest BCUT2D eigenvalue weighted by Crippen LogP contribution is 2.20. The van der Waals surface area contributed by atoms with E-state index >= 15 is 0 Å². The van der Waals surface area contributed by atoms with E-state index in [0.29, 0.717) is 13.1 Å². The largest absolute Gasteiger partial charge is 0.334 e. The first-order valence-electron chi connectivity index (χ1n) is 4.97. The molecule has 0 unspecified atom stereocenters. The Bertz CT molecular complexity index is 482. The molecule has 7 heteroatoms. The van der Waals surface area contributed by atoms with Crippen molar-refractivity contribution in [1.29, 1.82) is 0 Å². The second-order valence-corrected chi connectivity index (χ2v) is 5.67. The summed E-state index contributed by atoms with van der Waals surface area (Å²) in [5.41, 5.74) is 1.96. The standard InChI is InChI=1S/C10H11BrN4OS/c11-9-3-7(6-17-9)4-12-10(16)13-5-8-1-2-14-15-8/h1-3,6H,4-5H2,(H,14,15)(H2,12,13,16). The number of H-pyrrole nitrogens is 1. The molecule has 2 aromatic rings. The summed E-state index contributed by atoms with van der Waals surface area (Å²) in [5, 5.41) is 14.1. The SMILES string of the molecule is O=C(NCc1csc(Br)c1)NCc1ccn[nH]1. The average Bonchev–Trinajstić information content (AvgIpc) is 2.95. The maximum absolute atomic E-state index is 11.5. The van der Waals surface area contributed by atoms with Crippen LogP contribution in [0.15, 0.2) is 27.5 Å². The number of nitrogens with one attached hydrogen (secondary N) is 3. The smallest absolute Gasteiger partial charge is 0.315 e. The molecular weight excluding hydrogens is 304 g/mol. The van der Waals surface area contributed by atoms with Crippen molar-refractivity contribution in [3.63, 3.8) is 0 Å². The highest BCUT2D eigenvalue weighted by atomic mass is 79.9. The minimum Gasteiger partial charge on any atom is -0.334 e. The number of thiophene rings is 1. The first-order valence-corrected chi connectivity index (χ1v) is 6.64. The minimum absolute atomic E-state index is 0.193. The van der Waals surface area contributed by atoms with Crippen LogP contribution in [0.4, 0.5) is 4.79 Å². The Morgan fingerprint density at radius 3 is 2.94 bits per heavy atom. The van der Waals surface area contributed by atoms with Crippen LogP contribution in [0, 0.1) is 0 Å². The maximum atomic E-state index is 11.5. The summed E-state index contributed by atoms with van der Waals surface area (Å²) in [6.45, 7) is 0.968. The Balaban J connectivity index is 1.71. The number of urea groups is 1. The quantitative estimate of drug-likeness (QED) is 0.810. The molecular formula is C10H11BrN4OS. The van der Waals surface area contributed by atoms with Gasteiger partial charge in [-0.3, -0.25) is 5.10 Å². The van der Waals surface area contributed by atoms with Gasteiger partial charge in [0.25, 0.3) is 0 Å². The van der Waals surface area contributed by atoms with Gasteiger partial charge in [0.05, 0.1) is 16.0 Å². The Labute approximate surface area is 111 Å². The molecule has 2 aromatic heterocycles. The summed E-state index contributed by atoms with van der Waals surface area (Å²) in [6.07, 6.45) is 1.65. The predicted molar refractivity (Wildman–Crippen MR) is 69.7 cm³/mol. The van der Waals surface area contributed by atoms with E-state index in [4.69, 9.17) is 0 Å². The molecule has 0 bridgehead atoms. The number of nitrogens with zero attached hydrogens (tertiary/aromatic N) is 1. The van der Waals surface area contributed by atoms with Crippen molar-refractivity contribution in [3.8, 4) is 0 Å². The van der Waals surface area contributed by atoms with Crippen LogP contribution in [0.5, 0.6) is 0 Å². The molecule has 0 aliphatic heterocycles. The third-order valence-electron chi connectivity index (χ3n) is 2.07. The van der Waals surface area contributed by atoms with E-state index in [0.717, 1.165) is 15.0 Å². The van der Waals surface area contributed by atoms with Crippen LogP contribution in [0.2, 0.25) is 0 Å². The number of rotatable bonds is 4. The van der Waals surface area contributed by atoms with Gasteiger partial charge in [-0.15, -0.1) is 11.3 Å². The van der Waals surface area contributed by atoms with Gasteiger partial charge in [0, 0.05) is 12.7 Å².